The number of benzene rings is 2. The highest BCUT2D eigenvalue weighted by molar-refractivity contribution is 6.25. The van der Waals surface area contributed by atoms with E-state index in [0.29, 0.717) is 12.2 Å². The zero-order valence-corrected chi connectivity index (χ0v) is 13.1. The predicted molar refractivity (Wildman–Crippen MR) is 93.1 cm³/mol. The second kappa shape index (κ2) is 5.50. The normalized spacial score (nSPS) is 12.8. The van der Waals surface area contributed by atoms with Gasteiger partial charge in [-0.3, -0.25) is 15.6 Å². The number of nitrogens with one attached hydrogen (secondary N) is 1. The molecule has 120 valence electrons. The van der Waals surface area contributed by atoms with Crippen molar-refractivity contribution in [2.75, 3.05) is 17.4 Å². The average Bonchev–Trinajstić information content (AvgIpc) is 2.90. The molecule has 0 fully saturated rings. The molecule has 2 heterocycles. The van der Waals surface area contributed by atoms with Crippen molar-refractivity contribution in [3.63, 3.8) is 0 Å². The second-order valence-electron chi connectivity index (χ2n) is 5.60. The summed E-state index contributed by atoms with van der Waals surface area (Å²) in [5, 5.41) is 1.73. The zero-order valence-electron chi connectivity index (χ0n) is 13.1. The molecule has 1 amide bonds. The van der Waals surface area contributed by atoms with Crippen molar-refractivity contribution in [1.29, 1.82) is 0 Å². The molecule has 24 heavy (non-hydrogen) atoms. The number of anilines is 2. The topological polar surface area (TPSA) is 80.5 Å². The monoisotopic (exact) mass is 320 g/mol. The lowest BCUT2D eigenvalue weighted by atomic mass is 10.1. The van der Waals surface area contributed by atoms with E-state index in [1.807, 2.05) is 42.5 Å². The van der Waals surface area contributed by atoms with E-state index in [1.54, 1.807) is 18.2 Å². The summed E-state index contributed by atoms with van der Waals surface area (Å²) < 4.78 is 5.17. The van der Waals surface area contributed by atoms with Crippen LogP contribution in [0.15, 0.2) is 48.7 Å². The number of nitrogens with two attached hydrogens (primary N) is 1. The van der Waals surface area contributed by atoms with Crippen LogP contribution in [-0.2, 0) is 6.54 Å². The van der Waals surface area contributed by atoms with Crippen molar-refractivity contribution < 1.29 is 9.53 Å². The summed E-state index contributed by atoms with van der Waals surface area (Å²) in [5.41, 5.74) is 5.79. The highest BCUT2D eigenvalue weighted by Crippen LogP contribution is 2.40. The molecule has 0 bridgehead atoms. The molecule has 0 saturated heterocycles. The maximum absolute atomic E-state index is 12.8. The van der Waals surface area contributed by atoms with Crippen molar-refractivity contribution in [3.8, 4) is 5.75 Å². The molecule has 0 atom stereocenters. The standard InChI is InChI=1S/C18H16N4O2/c1-24-12-4-2-11(3-5-12)10-22-15-7-6-14(21-19)13-8-9-20-17(16(13)15)18(22)23/h2-9,21H,10,19H2,1H3. The zero-order chi connectivity index (χ0) is 16.7. The molecule has 0 aliphatic carbocycles. The maximum Gasteiger partial charge on any atom is 0.277 e. The fraction of sp³-hybridized carbons (Fsp3) is 0.111. The number of hydrazine groups is 1. The van der Waals surface area contributed by atoms with Crippen LogP contribution >= 0.6 is 0 Å². The third-order valence-electron chi connectivity index (χ3n) is 4.30. The number of hydrogen-bond donors (Lipinski definition) is 2. The Morgan fingerprint density at radius 1 is 1.17 bits per heavy atom. The van der Waals surface area contributed by atoms with E-state index in [4.69, 9.17) is 10.6 Å². The molecule has 6 heteroatoms. The molecule has 0 radical (unpaired) electrons. The predicted octanol–water partition coefficient (Wildman–Crippen LogP) is 2.69. The first kappa shape index (κ1) is 14.5. The van der Waals surface area contributed by atoms with Gasteiger partial charge in [0, 0.05) is 17.0 Å². The smallest absolute Gasteiger partial charge is 0.277 e. The number of rotatable bonds is 4. The Kier molecular flexibility index (Phi) is 3.32. The molecule has 0 spiro atoms. The number of ether oxygens (including phenoxy) is 1. The molecule has 3 aromatic rings. The SMILES string of the molecule is COc1ccc(CN2C(=O)c3nccc4c(NN)ccc2c34)cc1. The molecule has 0 unspecified atom stereocenters. The van der Waals surface area contributed by atoms with Gasteiger partial charge in [-0.05, 0) is 35.9 Å². The first-order valence-corrected chi connectivity index (χ1v) is 7.56. The van der Waals surface area contributed by atoms with Crippen LogP contribution in [0.1, 0.15) is 16.1 Å². The minimum absolute atomic E-state index is 0.0967. The van der Waals surface area contributed by atoms with Gasteiger partial charge < -0.3 is 15.1 Å². The van der Waals surface area contributed by atoms with Crippen LogP contribution in [0.3, 0.4) is 0 Å². The molecule has 2 aromatic carbocycles. The Bertz CT molecular complexity index is 938. The van der Waals surface area contributed by atoms with E-state index >= 15 is 0 Å². The highest BCUT2D eigenvalue weighted by atomic mass is 16.5. The van der Waals surface area contributed by atoms with Gasteiger partial charge >= 0.3 is 0 Å². The van der Waals surface area contributed by atoms with Crippen LogP contribution in [0.2, 0.25) is 0 Å². The molecule has 6 nitrogen and oxygen atoms in total. The van der Waals surface area contributed by atoms with Crippen LogP contribution in [0.4, 0.5) is 11.4 Å². The molecule has 4 rings (SSSR count). The van der Waals surface area contributed by atoms with Crippen LogP contribution < -0.4 is 20.9 Å². The number of hydrogen-bond acceptors (Lipinski definition) is 5. The number of pyridine rings is 1. The largest absolute Gasteiger partial charge is 0.497 e. The minimum atomic E-state index is -0.0967. The van der Waals surface area contributed by atoms with E-state index < -0.39 is 0 Å². The number of aromatic nitrogens is 1. The second-order valence-corrected chi connectivity index (χ2v) is 5.60. The van der Waals surface area contributed by atoms with E-state index in [-0.39, 0.29) is 5.91 Å². The molecule has 0 saturated carbocycles. The third kappa shape index (κ3) is 2.08. The first-order valence-electron chi connectivity index (χ1n) is 7.56. The number of amides is 1. The summed E-state index contributed by atoms with van der Waals surface area (Å²) in [7, 11) is 1.63. The number of nitrogens with zero attached hydrogens (tertiary/aromatic N) is 2. The molecular weight excluding hydrogens is 304 g/mol. The Hall–Kier alpha value is -3.12. The van der Waals surface area contributed by atoms with Crippen LogP contribution in [0.25, 0.3) is 10.8 Å². The van der Waals surface area contributed by atoms with Crippen molar-refractivity contribution in [2.24, 2.45) is 5.84 Å². The molecular formula is C18H16N4O2. The fourth-order valence-electron chi connectivity index (χ4n) is 3.10. The Morgan fingerprint density at radius 3 is 2.67 bits per heavy atom. The van der Waals surface area contributed by atoms with E-state index in [0.717, 1.165) is 33.5 Å². The fourth-order valence-corrected chi connectivity index (χ4v) is 3.10. The summed E-state index contributed by atoms with van der Waals surface area (Å²) in [6, 6.07) is 13.3. The highest BCUT2D eigenvalue weighted by Gasteiger charge is 2.31. The number of nitrogen functional groups attached to an aromatic ring is 1. The molecule has 3 N–H and O–H groups in total. The first-order chi connectivity index (χ1) is 11.7. The van der Waals surface area contributed by atoms with Crippen molar-refractivity contribution in [2.45, 2.75) is 6.54 Å². The summed E-state index contributed by atoms with van der Waals surface area (Å²) in [4.78, 5) is 18.8. The quantitative estimate of drug-likeness (QED) is 0.570. The third-order valence-corrected chi connectivity index (χ3v) is 4.30. The van der Waals surface area contributed by atoms with Crippen LogP contribution in [0, 0.1) is 0 Å². The van der Waals surface area contributed by atoms with Crippen molar-refractivity contribution in [1.82, 2.24) is 4.98 Å². The summed E-state index contributed by atoms with van der Waals surface area (Å²) in [6.07, 6.45) is 1.64. The number of methoxy groups -OCH3 is 1. The Labute approximate surface area is 138 Å². The van der Waals surface area contributed by atoms with Gasteiger partial charge in [-0.2, -0.15) is 0 Å². The van der Waals surface area contributed by atoms with Gasteiger partial charge in [0.25, 0.3) is 5.91 Å². The van der Waals surface area contributed by atoms with Gasteiger partial charge in [0.15, 0.2) is 0 Å². The maximum atomic E-state index is 12.8. The Morgan fingerprint density at radius 2 is 1.96 bits per heavy atom. The molecule has 1 aromatic heterocycles. The van der Waals surface area contributed by atoms with Gasteiger partial charge in [-0.25, -0.2) is 0 Å². The van der Waals surface area contributed by atoms with Gasteiger partial charge in [0.1, 0.15) is 11.4 Å². The summed E-state index contributed by atoms with van der Waals surface area (Å²) >= 11 is 0. The lowest BCUT2D eigenvalue weighted by molar-refractivity contribution is 0.0987. The van der Waals surface area contributed by atoms with Crippen LogP contribution in [-0.4, -0.2) is 18.0 Å². The lowest BCUT2D eigenvalue weighted by Crippen LogP contribution is -2.26. The van der Waals surface area contributed by atoms with Gasteiger partial charge in [0.05, 0.1) is 25.0 Å². The minimum Gasteiger partial charge on any atom is -0.497 e. The van der Waals surface area contributed by atoms with E-state index in [1.165, 1.54) is 0 Å². The van der Waals surface area contributed by atoms with Crippen molar-refractivity contribution in [3.05, 3.63) is 59.9 Å². The number of carbonyl (C=O) groups is 1. The average molecular weight is 320 g/mol. The van der Waals surface area contributed by atoms with E-state index in [9.17, 15) is 4.79 Å². The number of carbonyl (C=O) groups excluding carboxylic acids is 1. The van der Waals surface area contributed by atoms with Gasteiger partial charge in [-0.15, -0.1) is 0 Å². The molecule has 1 aliphatic heterocycles. The van der Waals surface area contributed by atoms with Crippen LogP contribution in [0.5, 0.6) is 5.75 Å². The molecule has 1 aliphatic rings. The lowest BCUT2D eigenvalue weighted by Gasteiger charge is -2.18. The Balaban J connectivity index is 1.77. The summed E-state index contributed by atoms with van der Waals surface area (Å²) in [6.45, 7) is 0.476. The van der Waals surface area contributed by atoms with Gasteiger partial charge in [-0.1, -0.05) is 12.1 Å². The van der Waals surface area contributed by atoms with E-state index in [2.05, 4.69) is 10.4 Å². The van der Waals surface area contributed by atoms with Gasteiger partial charge in [0.2, 0.25) is 0 Å². The summed E-state index contributed by atoms with van der Waals surface area (Å²) in [5.74, 6) is 6.27. The van der Waals surface area contributed by atoms with Crippen molar-refractivity contribution >= 4 is 28.1 Å².